The van der Waals surface area contributed by atoms with E-state index in [1.807, 2.05) is 0 Å². The number of phenols is 2. The Bertz CT molecular complexity index is 731. The van der Waals surface area contributed by atoms with E-state index < -0.39 is 11.8 Å². The standard InChI is InChI=1S/C16H12O5/c17-13(11-3-1-2-4-12(11)16(20)21)7-5-10-6-8-14(18)15(19)9-10/h1-9,18-19H,(H,20,21)/b7-5+. The zero-order valence-corrected chi connectivity index (χ0v) is 10.9. The third-order valence-corrected chi connectivity index (χ3v) is 2.85. The molecule has 2 aromatic rings. The van der Waals surface area contributed by atoms with Crippen molar-refractivity contribution in [3.8, 4) is 11.5 Å². The molecule has 0 amide bonds. The van der Waals surface area contributed by atoms with E-state index in [0.717, 1.165) is 0 Å². The van der Waals surface area contributed by atoms with Crippen LogP contribution in [-0.4, -0.2) is 27.1 Å². The number of hydrogen-bond donors (Lipinski definition) is 3. The molecule has 0 radical (unpaired) electrons. The van der Waals surface area contributed by atoms with Gasteiger partial charge >= 0.3 is 5.97 Å². The Morgan fingerprint density at radius 3 is 2.19 bits per heavy atom. The number of ketones is 1. The number of carbonyl (C=O) groups excluding carboxylic acids is 1. The fourth-order valence-electron chi connectivity index (χ4n) is 1.79. The summed E-state index contributed by atoms with van der Waals surface area (Å²) in [7, 11) is 0. The molecule has 0 saturated carbocycles. The van der Waals surface area contributed by atoms with Gasteiger partial charge in [0.1, 0.15) is 0 Å². The number of benzene rings is 2. The summed E-state index contributed by atoms with van der Waals surface area (Å²) < 4.78 is 0. The summed E-state index contributed by atoms with van der Waals surface area (Å²) in [6, 6.07) is 10.0. The van der Waals surface area contributed by atoms with Crippen molar-refractivity contribution in [3.05, 3.63) is 65.2 Å². The molecule has 0 saturated heterocycles. The first-order valence-corrected chi connectivity index (χ1v) is 6.06. The first-order valence-electron chi connectivity index (χ1n) is 6.06. The number of carboxylic acids is 1. The highest BCUT2D eigenvalue weighted by Crippen LogP contribution is 2.25. The predicted octanol–water partition coefficient (Wildman–Crippen LogP) is 2.69. The van der Waals surface area contributed by atoms with Crippen LogP contribution >= 0.6 is 0 Å². The molecule has 106 valence electrons. The van der Waals surface area contributed by atoms with Gasteiger partial charge in [-0.1, -0.05) is 30.3 Å². The van der Waals surface area contributed by atoms with Gasteiger partial charge < -0.3 is 15.3 Å². The molecule has 0 aliphatic rings. The molecule has 0 aliphatic carbocycles. The van der Waals surface area contributed by atoms with Crippen molar-refractivity contribution in [2.75, 3.05) is 0 Å². The fraction of sp³-hybridized carbons (Fsp3) is 0. The van der Waals surface area contributed by atoms with E-state index in [9.17, 15) is 19.8 Å². The Morgan fingerprint density at radius 2 is 1.57 bits per heavy atom. The summed E-state index contributed by atoms with van der Waals surface area (Å²) >= 11 is 0. The van der Waals surface area contributed by atoms with Gasteiger partial charge in [0, 0.05) is 5.56 Å². The molecule has 3 N–H and O–H groups in total. The quantitative estimate of drug-likeness (QED) is 0.456. The van der Waals surface area contributed by atoms with Crippen LogP contribution in [-0.2, 0) is 0 Å². The molecule has 5 heteroatoms. The maximum Gasteiger partial charge on any atom is 0.336 e. The summed E-state index contributed by atoms with van der Waals surface area (Å²) in [5.41, 5.74) is 0.524. The molecule has 2 aromatic carbocycles. The van der Waals surface area contributed by atoms with E-state index in [-0.39, 0.29) is 22.6 Å². The van der Waals surface area contributed by atoms with Crippen molar-refractivity contribution in [2.24, 2.45) is 0 Å². The molecular formula is C16H12O5. The second kappa shape index (κ2) is 5.92. The van der Waals surface area contributed by atoms with Gasteiger partial charge in [-0.2, -0.15) is 0 Å². The van der Waals surface area contributed by atoms with Crippen LogP contribution in [0.4, 0.5) is 0 Å². The lowest BCUT2D eigenvalue weighted by Gasteiger charge is -2.02. The van der Waals surface area contributed by atoms with E-state index in [1.165, 1.54) is 42.5 Å². The van der Waals surface area contributed by atoms with E-state index in [2.05, 4.69) is 0 Å². The minimum absolute atomic E-state index is 0.0688. The molecule has 0 heterocycles. The second-order valence-electron chi connectivity index (χ2n) is 4.30. The zero-order valence-electron chi connectivity index (χ0n) is 10.9. The van der Waals surface area contributed by atoms with Crippen LogP contribution in [0.2, 0.25) is 0 Å². The van der Waals surface area contributed by atoms with Gasteiger partial charge in [-0.3, -0.25) is 4.79 Å². The maximum atomic E-state index is 12.0. The highest BCUT2D eigenvalue weighted by molar-refractivity contribution is 6.12. The number of carboxylic acid groups (broad SMARTS) is 1. The van der Waals surface area contributed by atoms with Crippen molar-refractivity contribution < 1.29 is 24.9 Å². The number of rotatable bonds is 4. The monoisotopic (exact) mass is 284 g/mol. The fourth-order valence-corrected chi connectivity index (χ4v) is 1.79. The van der Waals surface area contributed by atoms with Crippen LogP contribution in [0.1, 0.15) is 26.3 Å². The first kappa shape index (κ1) is 14.3. The van der Waals surface area contributed by atoms with Gasteiger partial charge in [-0.25, -0.2) is 4.79 Å². The molecule has 0 spiro atoms. The topological polar surface area (TPSA) is 94.8 Å². The van der Waals surface area contributed by atoms with Gasteiger partial charge in [-0.05, 0) is 29.8 Å². The van der Waals surface area contributed by atoms with Crippen molar-refractivity contribution in [2.45, 2.75) is 0 Å². The normalized spacial score (nSPS) is 10.7. The molecule has 0 unspecified atom stereocenters. The van der Waals surface area contributed by atoms with Crippen LogP contribution in [0, 0.1) is 0 Å². The summed E-state index contributed by atoms with van der Waals surface area (Å²) in [5, 5.41) is 27.6. The predicted molar refractivity (Wildman–Crippen MR) is 76.5 cm³/mol. The van der Waals surface area contributed by atoms with Crippen molar-refractivity contribution in [3.63, 3.8) is 0 Å². The van der Waals surface area contributed by atoms with Gasteiger partial charge in [0.25, 0.3) is 0 Å². The number of phenolic OH excluding ortho intramolecular Hbond substituents is 2. The molecule has 0 aromatic heterocycles. The molecule has 2 rings (SSSR count). The average molecular weight is 284 g/mol. The third kappa shape index (κ3) is 3.27. The highest BCUT2D eigenvalue weighted by atomic mass is 16.4. The summed E-state index contributed by atoms with van der Waals surface area (Å²) in [6.45, 7) is 0. The molecule has 0 fully saturated rings. The average Bonchev–Trinajstić information content (AvgIpc) is 2.48. The summed E-state index contributed by atoms with van der Waals surface area (Å²) in [5.74, 6) is -2.18. The van der Waals surface area contributed by atoms with E-state index in [0.29, 0.717) is 5.56 Å². The lowest BCUT2D eigenvalue weighted by atomic mass is 10.0. The third-order valence-electron chi connectivity index (χ3n) is 2.85. The Labute approximate surface area is 120 Å². The van der Waals surface area contributed by atoms with Gasteiger partial charge in [0.15, 0.2) is 17.3 Å². The summed E-state index contributed by atoms with van der Waals surface area (Å²) in [6.07, 6.45) is 2.65. The van der Waals surface area contributed by atoms with Crippen LogP contribution in [0.3, 0.4) is 0 Å². The molecular weight excluding hydrogens is 272 g/mol. The number of carbonyl (C=O) groups is 2. The number of aromatic carboxylic acids is 1. The first-order chi connectivity index (χ1) is 9.99. The van der Waals surface area contributed by atoms with Crippen LogP contribution in [0.15, 0.2) is 48.5 Å². The van der Waals surface area contributed by atoms with Crippen LogP contribution in [0.25, 0.3) is 6.08 Å². The molecule has 0 aliphatic heterocycles. The van der Waals surface area contributed by atoms with E-state index in [4.69, 9.17) is 5.11 Å². The SMILES string of the molecule is O=C(O)c1ccccc1C(=O)/C=C/c1ccc(O)c(O)c1. The lowest BCUT2D eigenvalue weighted by molar-refractivity contribution is 0.0693. The van der Waals surface area contributed by atoms with E-state index in [1.54, 1.807) is 12.1 Å². The van der Waals surface area contributed by atoms with Crippen LogP contribution < -0.4 is 0 Å². The van der Waals surface area contributed by atoms with E-state index >= 15 is 0 Å². The smallest absolute Gasteiger partial charge is 0.336 e. The van der Waals surface area contributed by atoms with Crippen molar-refractivity contribution >= 4 is 17.8 Å². The Morgan fingerprint density at radius 1 is 0.905 bits per heavy atom. The highest BCUT2D eigenvalue weighted by Gasteiger charge is 2.13. The largest absolute Gasteiger partial charge is 0.504 e. The lowest BCUT2D eigenvalue weighted by Crippen LogP contribution is -2.06. The summed E-state index contributed by atoms with van der Waals surface area (Å²) in [4.78, 5) is 23.1. The number of hydrogen-bond acceptors (Lipinski definition) is 4. The van der Waals surface area contributed by atoms with Crippen molar-refractivity contribution in [1.29, 1.82) is 0 Å². The zero-order chi connectivity index (χ0) is 15.4. The second-order valence-corrected chi connectivity index (χ2v) is 4.30. The minimum atomic E-state index is -1.17. The van der Waals surface area contributed by atoms with Crippen LogP contribution in [0.5, 0.6) is 11.5 Å². The Hall–Kier alpha value is -3.08. The van der Waals surface area contributed by atoms with Crippen molar-refractivity contribution in [1.82, 2.24) is 0 Å². The Kier molecular flexibility index (Phi) is 4.04. The van der Waals surface area contributed by atoms with Gasteiger partial charge in [0.05, 0.1) is 5.56 Å². The molecule has 0 bridgehead atoms. The van der Waals surface area contributed by atoms with Gasteiger partial charge in [0.2, 0.25) is 0 Å². The molecule has 21 heavy (non-hydrogen) atoms. The molecule has 0 atom stereocenters. The Balaban J connectivity index is 2.27. The number of aromatic hydroxyl groups is 2. The van der Waals surface area contributed by atoms with Gasteiger partial charge in [-0.15, -0.1) is 0 Å². The number of allylic oxidation sites excluding steroid dienone is 1. The maximum absolute atomic E-state index is 12.0. The minimum Gasteiger partial charge on any atom is -0.504 e. The molecule has 5 nitrogen and oxygen atoms in total.